The smallest absolute Gasteiger partial charge is 0.416 e. The van der Waals surface area contributed by atoms with Crippen molar-refractivity contribution in [2.45, 2.75) is 12.7 Å². The second-order valence-corrected chi connectivity index (χ2v) is 5.18. The predicted octanol–water partition coefficient (Wildman–Crippen LogP) is 3.69. The maximum atomic E-state index is 12.6. The zero-order valence-electron chi connectivity index (χ0n) is 12.7. The van der Waals surface area contributed by atoms with Crippen LogP contribution in [-0.4, -0.2) is 16.1 Å². The normalized spacial score (nSPS) is 11.3. The summed E-state index contributed by atoms with van der Waals surface area (Å²) >= 11 is 0. The maximum Gasteiger partial charge on any atom is 0.416 e. The quantitative estimate of drug-likeness (QED) is 0.782. The van der Waals surface area contributed by atoms with Crippen LogP contribution in [0.5, 0.6) is 0 Å². The van der Waals surface area contributed by atoms with Crippen molar-refractivity contribution in [2.24, 2.45) is 0 Å². The van der Waals surface area contributed by atoms with Crippen molar-refractivity contribution in [1.29, 1.82) is 0 Å². The molecule has 0 atom stereocenters. The summed E-state index contributed by atoms with van der Waals surface area (Å²) in [4.78, 5) is 11.8. The summed E-state index contributed by atoms with van der Waals surface area (Å²) in [7, 11) is 0. The van der Waals surface area contributed by atoms with Crippen molar-refractivity contribution in [3.8, 4) is 11.3 Å². The van der Waals surface area contributed by atoms with Gasteiger partial charge in [0.25, 0.3) is 5.91 Å². The van der Waals surface area contributed by atoms with Gasteiger partial charge < -0.3 is 9.73 Å². The van der Waals surface area contributed by atoms with Gasteiger partial charge in [0.05, 0.1) is 35.3 Å². The molecule has 1 aromatic carbocycles. The van der Waals surface area contributed by atoms with Crippen molar-refractivity contribution < 1.29 is 22.4 Å². The van der Waals surface area contributed by atoms with E-state index < -0.39 is 11.7 Å². The highest BCUT2D eigenvalue weighted by molar-refractivity contribution is 5.93. The maximum absolute atomic E-state index is 12.6. The van der Waals surface area contributed by atoms with E-state index in [1.165, 1.54) is 30.7 Å². The summed E-state index contributed by atoms with van der Waals surface area (Å²) in [5.74, 6) is -0.303. The van der Waals surface area contributed by atoms with Gasteiger partial charge in [0.15, 0.2) is 0 Å². The lowest BCUT2D eigenvalue weighted by atomic mass is 10.1. The molecular weight excluding hydrogens is 335 g/mol. The number of halogens is 3. The number of hydrogen-bond donors (Lipinski definition) is 1. The Hall–Kier alpha value is -3.16. The van der Waals surface area contributed by atoms with Gasteiger partial charge in [-0.15, -0.1) is 0 Å². The number of nitrogens with zero attached hydrogens (tertiary/aromatic N) is 2. The molecule has 0 fully saturated rings. The Labute approximate surface area is 140 Å². The fraction of sp³-hybridized carbons (Fsp3) is 0.118. The third-order valence-electron chi connectivity index (χ3n) is 3.44. The molecule has 5 nitrogen and oxygen atoms in total. The number of aromatic nitrogens is 2. The molecule has 2 aromatic heterocycles. The van der Waals surface area contributed by atoms with Crippen LogP contribution in [0.4, 0.5) is 13.2 Å². The van der Waals surface area contributed by atoms with E-state index in [0.29, 0.717) is 22.5 Å². The lowest BCUT2D eigenvalue weighted by Crippen LogP contribution is -2.22. The van der Waals surface area contributed by atoms with Crippen LogP contribution in [0.3, 0.4) is 0 Å². The van der Waals surface area contributed by atoms with Gasteiger partial charge in [-0.1, -0.05) is 12.1 Å². The minimum absolute atomic E-state index is 0.171. The first-order valence-electron chi connectivity index (χ1n) is 7.24. The van der Waals surface area contributed by atoms with E-state index in [-0.39, 0.29) is 12.5 Å². The molecule has 0 aliphatic carbocycles. The van der Waals surface area contributed by atoms with Crippen LogP contribution in [0.25, 0.3) is 11.3 Å². The predicted molar refractivity (Wildman–Crippen MR) is 82.3 cm³/mol. The lowest BCUT2D eigenvalue weighted by Gasteiger charge is -2.07. The third-order valence-corrected chi connectivity index (χ3v) is 3.44. The standard InChI is InChI=1S/C17H12F3N3O2/c18-17(19,20)13-3-1-11(2-4-13)15-6-5-14(22-23-15)9-21-16(24)12-7-8-25-10-12/h1-8,10H,9H2,(H,21,24). The van der Waals surface area contributed by atoms with E-state index in [1.54, 1.807) is 12.1 Å². The van der Waals surface area contributed by atoms with Crippen molar-refractivity contribution in [3.05, 3.63) is 71.8 Å². The van der Waals surface area contributed by atoms with Crippen LogP contribution in [0.15, 0.2) is 59.4 Å². The zero-order valence-corrected chi connectivity index (χ0v) is 12.7. The minimum atomic E-state index is -4.37. The summed E-state index contributed by atoms with van der Waals surface area (Å²) in [6.07, 6.45) is -1.65. The fourth-order valence-corrected chi connectivity index (χ4v) is 2.10. The van der Waals surface area contributed by atoms with Gasteiger partial charge in [-0.3, -0.25) is 4.79 Å². The molecule has 0 bridgehead atoms. The summed E-state index contributed by atoms with van der Waals surface area (Å²) in [5.41, 5.74) is 1.16. The molecule has 0 unspecified atom stereocenters. The first-order valence-corrected chi connectivity index (χ1v) is 7.24. The Morgan fingerprint density at radius 1 is 1.04 bits per heavy atom. The van der Waals surface area contributed by atoms with E-state index >= 15 is 0 Å². The molecule has 0 saturated heterocycles. The Morgan fingerprint density at radius 2 is 1.80 bits per heavy atom. The first-order chi connectivity index (χ1) is 11.9. The summed E-state index contributed by atoms with van der Waals surface area (Å²) in [6.45, 7) is 0.171. The molecule has 8 heteroatoms. The summed E-state index contributed by atoms with van der Waals surface area (Å²) in [5, 5.41) is 10.6. The average molecular weight is 347 g/mol. The molecule has 0 spiro atoms. The lowest BCUT2D eigenvalue weighted by molar-refractivity contribution is -0.137. The molecule has 0 saturated carbocycles. The van der Waals surface area contributed by atoms with Gasteiger partial charge in [0.1, 0.15) is 6.26 Å². The Kier molecular flexibility index (Phi) is 4.51. The number of furan rings is 1. The molecule has 3 aromatic rings. The molecule has 2 heterocycles. The molecule has 128 valence electrons. The van der Waals surface area contributed by atoms with Crippen LogP contribution in [0.2, 0.25) is 0 Å². The highest BCUT2D eigenvalue weighted by Gasteiger charge is 2.30. The van der Waals surface area contributed by atoms with Crippen LogP contribution < -0.4 is 5.32 Å². The largest absolute Gasteiger partial charge is 0.472 e. The van der Waals surface area contributed by atoms with Gasteiger partial charge in [-0.2, -0.15) is 23.4 Å². The van der Waals surface area contributed by atoms with Gasteiger partial charge >= 0.3 is 6.18 Å². The van der Waals surface area contributed by atoms with Crippen LogP contribution >= 0.6 is 0 Å². The van der Waals surface area contributed by atoms with Gasteiger partial charge in [0, 0.05) is 5.56 Å². The molecule has 0 aliphatic rings. The molecular formula is C17H12F3N3O2. The van der Waals surface area contributed by atoms with Crippen molar-refractivity contribution in [1.82, 2.24) is 15.5 Å². The van der Waals surface area contributed by atoms with E-state index in [1.807, 2.05) is 0 Å². The van der Waals surface area contributed by atoms with E-state index in [0.717, 1.165) is 12.1 Å². The van der Waals surface area contributed by atoms with Gasteiger partial charge in [0.2, 0.25) is 0 Å². The molecule has 3 rings (SSSR count). The number of alkyl halides is 3. The van der Waals surface area contributed by atoms with Gasteiger partial charge in [-0.05, 0) is 30.3 Å². The Balaban J connectivity index is 1.65. The fourth-order valence-electron chi connectivity index (χ4n) is 2.10. The monoisotopic (exact) mass is 347 g/mol. The van der Waals surface area contributed by atoms with Crippen LogP contribution in [-0.2, 0) is 12.7 Å². The molecule has 0 radical (unpaired) electrons. The van der Waals surface area contributed by atoms with E-state index in [4.69, 9.17) is 4.42 Å². The first kappa shape index (κ1) is 16.7. The van der Waals surface area contributed by atoms with Crippen LogP contribution in [0.1, 0.15) is 21.6 Å². The zero-order chi connectivity index (χ0) is 17.9. The average Bonchev–Trinajstić information content (AvgIpc) is 3.14. The second-order valence-electron chi connectivity index (χ2n) is 5.18. The van der Waals surface area contributed by atoms with Crippen molar-refractivity contribution in [2.75, 3.05) is 0 Å². The summed E-state index contributed by atoms with van der Waals surface area (Å²) < 4.78 is 42.5. The number of rotatable bonds is 4. The number of nitrogens with one attached hydrogen (secondary N) is 1. The number of amides is 1. The number of carbonyl (C=O) groups excluding carboxylic acids is 1. The van der Waals surface area contributed by atoms with Crippen molar-refractivity contribution in [3.63, 3.8) is 0 Å². The minimum Gasteiger partial charge on any atom is -0.472 e. The van der Waals surface area contributed by atoms with E-state index in [9.17, 15) is 18.0 Å². The van der Waals surface area contributed by atoms with Gasteiger partial charge in [-0.25, -0.2) is 0 Å². The number of benzene rings is 1. The molecule has 25 heavy (non-hydrogen) atoms. The van der Waals surface area contributed by atoms with Crippen molar-refractivity contribution >= 4 is 5.91 Å². The van der Waals surface area contributed by atoms with E-state index in [2.05, 4.69) is 15.5 Å². The summed E-state index contributed by atoms with van der Waals surface area (Å²) in [6, 6.07) is 9.49. The van der Waals surface area contributed by atoms with Crippen LogP contribution in [0, 0.1) is 0 Å². The SMILES string of the molecule is O=C(NCc1ccc(-c2ccc(C(F)(F)F)cc2)nn1)c1ccoc1. The highest BCUT2D eigenvalue weighted by Crippen LogP contribution is 2.30. The Morgan fingerprint density at radius 3 is 2.36 bits per heavy atom. The second kappa shape index (κ2) is 6.76. The number of hydrogen-bond acceptors (Lipinski definition) is 4. The number of carbonyl (C=O) groups is 1. The molecule has 1 amide bonds. The molecule has 1 N–H and O–H groups in total. The Bertz CT molecular complexity index is 842. The third kappa shape index (κ3) is 4.03. The topological polar surface area (TPSA) is 68.0 Å². The molecule has 0 aliphatic heterocycles. The highest BCUT2D eigenvalue weighted by atomic mass is 19.4.